The molecule has 6 nitrogen and oxygen atoms in total. The van der Waals surface area contributed by atoms with Crippen molar-refractivity contribution < 1.29 is 14.3 Å². The fraction of sp³-hybridized carbons (Fsp3) is 0.684. The number of fused-ring (bicyclic) bond motifs is 1. The largest absolute Gasteiger partial charge is 0.368 e. The lowest BCUT2D eigenvalue weighted by Gasteiger charge is -2.41. The number of carbonyl (C=O) groups excluding carboxylic acids is 2. The van der Waals surface area contributed by atoms with Crippen LogP contribution >= 0.6 is 11.3 Å². The molecule has 26 heavy (non-hydrogen) atoms. The van der Waals surface area contributed by atoms with E-state index in [0.717, 1.165) is 45.4 Å². The minimum atomic E-state index is -0.251. The van der Waals surface area contributed by atoms with Gasteiger partial charge in [-0.1, -0.05) is 0 Å². The molecule has 0 aliphatic carbocycles. The number of rotatable bonds is 3. The van der Waals surface area contributed by atoms with Crippen molar-refractivity contribution >= 4 is 23.2 Å². The van der Waals surface area contributed by atoms with E-state index in [2.05, 4.69) is 23.3 Å². The molecule has 2 atom stereocenters. The van der Waals surface area contributed by atoms with Crippen LogP contribution in [0.1, 0.15) is 30.2 Å². The van der Waals surface area contributed by atoms with Crippen LogP contribution < -0.4 is 0 Å². The van der Waals surface area contributed by atoms with Crippen LogP contribution in [-0.4, -0.2) is 78.0 Å². The maximum absolute atomic E-state index is 12.7. The van der Waals surface area contributed by atoms with Crippen LogP contribution in [0.4, 0.5) is 0 Å². The average molecular weight is 378 g/mol. The monoisotopic (exact) mass is 377 g/mol. The third kappa shape index (κ3) is 3.66. The predicted molar refractivity (Wildman–Crippen MR) is 100 cm³/mol. The van der Waals surface area contributed by atoms with Crippen LogP contribution in [-0.2, 0) is 27.3 Å². The van der Waals surface area contributed by atoms with Crippen molar-refractivity contribution in [2.45, 2.75) is 44.9 Å². The summed E-state index contributed by atoms with van der Waals surface area (Å²) in [4.78, 5) is 32.8. The molecule has 2 fully saturated rings. The molecule has 2 amide bonds. The van der Waals surface area contributed by atoms with Crippen molar-refractivity contribution in [1.29, 1.82) is 0 Å². The third-order valence-electron chi connectivity index (χ3n) is 5.72. The summed E-state index contributed by atoms with van der Waals surface area (Å²) in [6.45, 7) is 6.97. The highest BCUT2D eigenvalue weighted by atomic mass is 32.1. The molecular weight excluding hydrogens is 350 g/mol. The summed E-state index contributed by atoms with van der Waals surface area (Å²) in [6, 6.07) is 2.26. The van der Waals surface area contributed by atoms with E-state index in [4.69, 9.17) is 4.74 Å². The SMILES string of the molecule is CC1CN(CC(=O)N2CCc3sccc3C2)CCN1C(=O)C1CCCO1. The van der Waals surface area contributed by atoms with Gasteiger partial charge in [-0.15, -0.1) is 11.3 Å². The molecule has 1 aromatic rings. The molecule has 2 saturated heterocycles. The molecule has 3 aliphatic rings. The first-order chi connectivity index (χ1) is 12.6. The molecule has 7 heteroatoms. The Morgan fingerprint density at radius 1 is 1.31 bits per heavy atom. The molecule has 3 aliphatic heterocycles. The van der Waals surface area contributed by atoms with E-state index in [-0.39, 0.29) is 24.0 Å². The summed E-state index contributed by atoms with van der Waals surface area (Å²) in [5.74, 6) is 0.329. The molecule has 0 aromatic carbocycles. The van der Waals surface area contributed by atoms with E-state index in [1.807, 2.05) is 9.80 Å². The van der Waals surface area contributed by atoms with Crippen LogP contribution in [0.3, 0.4) is 0 Å². The Morgan fingerprint density at radius 3 is 2.96 bits per heavy atom. The van der Waals surface area contributed by atoms with Gasteiger partial charge in [0.25, 0.3) is 5.91 Å². The van der Waals surface area contributed by atoms with Gasteiger partial charge < -0.3 is 14.5 Å². The summed E-state index contributed by atoms with van der Waals surface area (Å²) in [7, 11) is 0. The molecule has 0 radical (unpaired) electrons. The van der Waals surface area contributed by atoms with Gasteiger partial charge in [0, 0.05) is 50.2 Å². The maximum Gasteiger partial charge on any atom is 0.252 e. The van der Waals surface area contributed by atoms with Gasteiger partial charge in [0.05, 0.1) is 6.54 Å². The average Bonchev–Trinajstić information content (AvgIpc) is 3.32. The zero-order chi connectivity index (χ0) is 18.1. The lowest BCUT2D eigenvalue weighted by molar-refractivity contribution is -0.146. The number of carbonyl (C=O) groups is 2. The van der Waals surface area contributed by atoms with Crippen LogP contribution in [0, 0.1) is 0 Å². The van der Waals surface area contributed by atoms with Gasteiger partial charge in [0.15, 0.2) is 0 Å². The zero-order valence-electron chi connectivity index (χ0n) is 15.4. The van der Waals surface area contributed by atoms with Crippen molar-refractivity contribution in [2.24, 2.45) is 0 Å². The summed E-state index contributed by atoms with van der Waals surface area (Å²) in [6.07, 6.45) is 2.53. The Labute approximate surface area is 158 Å². The molecule has 1 aromatic heterocycles. The minimum Gasteiger partial charge on any atom is -0.368 e. The van der Waals surface area contributed by atoms with Gasteiger partial charge in [-0.3, -0.25) is 14.5 Å². The van der Waals surface area contributed by atoms with Crippen molar-refractivity contribution in [3.8, 4) is 0 Å². The number of hydrogen-bond donors (Lipinski definition) is 0. The normalized spacial score (nSPS) is 26.8. The Bertz CT molecular complexity index is 671. The highest BCUT2D eigenvalue weighted by Crippen LogP contribution is 2.24. The lowest BCUT2D eigenvalue weighted by atomic mass is 10.1. The molecule has 2 unspecified atom stereocenters. The molecule has 0 spiro atoms. The Kier molecular flexibility index (Phi) is 5.29. The number of amides is 2. The molecule has 4 heterocycles. The highest BCUT2D eigenvalue weighted by Gasteiger charge is 2.34. The number of piperazine rings is 1. The van der Waals surface area contributed by atoms with Crippen molar-refractivity contribution in [1.82, 2.24) is 14.7 Å². The van der Waals surface area contributed by atoms with Gasteiger partial charge in [0.1, 0.15) is 6.10 Å². The van der Waals surface area contributed by atoms with Crippen LogP contribution in [0.15, 0.2) is 11.4 Å². The summed E-state index contributed by atoms with van der Waals surface area (Å²) < 4.78 is 5.54. The smallest absolute Gasteiger partial charge is 0.252 e. The topological polar surface area (TPSA) is 53.1 Å². The second-order valence-corrected chi connectivity index (χ2v) is 8.55. The molecule has 4 rings (SSSR count). The first-order valence-corrected chi connectivity index (χ1v) is 10.5. The second kappa shape index (κ2) is 7.66. The number of hydrogen-bond acceptors (Lipinski definition) is 5. The van der Waals surface area contributed by atoms with Gasteiger partial charge in [-0.05, 0) is 43.2 Å². The maximum atomic E-state index is 12.7. The fourth-order valence-corrected chi connectivity index (χ4v) is 5.10. The zero-order valence-corrected chi connectivity index (χ0v) is 16.2. The number of thiophene rings is 1. The van der Waals surface area contributed by atoms with Gasteiger partial charge in [-0.25, -0.2) is 0 Å². The fourth-order valence-electron chi connectivity index (χ4n) is 4.21. The van der Waals surface area contributed by atoms with Crippen LogP contribution in [0.5, 0.6) is 0 Å². The van der Waals surface area contributed by atoms with Gasteiger partial charge in [-0.2, -0.15) is 0 Å². The van der Waals surface area contributed by atoms with E-state index in [1.165, 1.54) is 10.4 Å². The molecule has 0 N–H and O–H groups in total. The first kappa shape index (κ1) is 17.9. The molecule has 0 bridgehead atoms. The minimum absolute atomic E-state index is 0.123. The summed E-state index contributed by atoms with van der Waals surface area (Å²) in [5.41, 5.74) is 1.30. The van der Waals surface area contributed by atoms with Crippen LogP contribution in [0.25, 0.3) is 0 Å². The molecular formula is C19H27N3O3S. The molecule has 142 valence electrons. The van der Waals surface area contributed by atoms with E-state index in [1.54, 1.807) is 11.3 Å². The molecule has 0 saturated carbocycles. The first-order valence-electron chi connectivity index (χ1n) is 9.59. The third-order valence-corrected chi connectivity index (χ3v) is 6.74. The Morgan fingerprint density at radius 2 is 2.19 bits per heavy atom. The van der Waals surface area contributed by atoms with E-state index < -0.39 is 0 Å². The predicted octanol–water partition coefficient (Wildman–Crippen LogP) is 1.34. The second-order valence-electron chi connectivity index (χ2n) is 7.55. The quantitative estimate of drug-likeness (QED) is 0.798. The summed E-state index contributed by atoms with van der Waals surface area (Å²) >= 11 is 1.79. The van der Waals surface area contributed by atoms with E-state index in [0.29, 0.717) is 19.7 Å². The summed E-state index contributed by atoms with van der Waals surface area (Å²) in [5, 5.41) is 2.12. The van der Waals surface area contributed by atoms with E-state index >= 15 is 0 Å². The van der Waals surface area contributed by atoms with Crippen LogP contribution in [0.2, 0.25) is 0 Å². The number of nitrogens with zero attached hydrogens (tertiary/aromatic N) is 3. The van der Waals surface area contributed by atoms with Gasteiger partial charge >= 0.3 is 0 Å². The van der Waals surface area contributed by atoms with E-state index in [9.17, 15) is 9.59 Å². The van der Waals surface area contributed by atoms with Gasteiger partial charge in [0.2, 0.25) is 5.91 Å². The highest BCUT2D eigenvalue weighted by molar-refractivity contribution is 7.10. The van der Waals surface area contributed by atoms with Crippen molar-refractivity contribution in [3.63, 3.8) is 0 Å². The Balaban J connectivity index is 1.29. The Hall–Kier alpha value is -1.44. The van der Waals surface area contributed by atoms with Crippen molar-refractivity contribution in [2.75, 3.05) is 39.3 Å². The standard InChI is InChI=1S/C19H27N3O3S/c1-14-11-20(7-8-22(14)19(24)16-3-2-9-25-16)13-18(23)21-6-4-17-15(12-21)5-10-26-17/h5,10,14,16H,2-4,6-9,11-13H2,1H3. The number of ether oxygens (including phenoxy) is 1. The van der Waals surface area contributed by atoms with Crippen molar-refractivity contribution in [3.05, 3.63) is 21.9 Å². The lowest BCUT2D eigenvalue weighted by Crippen LogP contribution is -2.57.